The second-order valence-corrected chi connectivity index (χ2v) is 4.42. The van der Waals surface area contributed by atoms with Crippen LogP contribution < -0.4 is 5.32 Å². The van der Waals surface area contributed by atoms with Crippen LogP contribution in [0.15, 0.2) is 24.3 Å². The fraction of sp³-hybridized carbons (Fsp3) is 0.417. The standard InChI is InChI=1S/C12H15N5/c1-2-4-10-7-11(6-5-9(10)3-1)13-8-12-14-16-17-15-12/h1-4,11,13H,5-8H2,(H,14,15,16,17). The van der Waals surface area contributed by atoms with Crippen molar-refractivity contribution in [3.63, 3.8) is 0 Å². The maximum absolute atomic E-state index is 3.94. The number of fused-ring (bicyclic) bond motifs is 1. The smallest absolute Gasteiger partial charge is 0.188 e. The van der Waals surface area contributed by atoms with E-state index in [1.54, 1.807) is 0 Å². The molecule has 3 rings (SSSR count). The van der Waals surface area contributed by atoms with Crippen LogP contribution in [0.4, 0.5) is 0 Å². The van der Waals surface area contributed by atoms with E-state index in [9.17, 15) is 0 Å². The van der Waals surface area contributed by atoms with Crippen molar-refractivity contribution in [1.29, 1.82) is 0 Å². The van der Waals surface area contributed by atoms with Crippen LogP contribution in [0, 0.1) is 0 Å². The maximum Gasteiger partial charge on any atom is 0.188 e. The van der Waals surface area contributed by atoms with Crippen LogP contribution in [0.5, 0.6) is 0 Å². The number of aromatic amines is 1. The summed E-state index contributed by atoms with van der Waals surface area (Å²) in [6.45, 7) is 0.684. The van der Waals surface area contributed by atoms with E-state index in [0.717, 1.165) is 18.7 Å². The molecule has 0 amide bonds. The van der Waals surface area contributed by atoms with Crippen molar-refractivity contribution in [1.82, 2.24) is 25.9 Å². The molecule has 2 N–H and O–H groups in total. The van der Waals surface area contributed by atoms with E-state index >= 15 is 0 Å². The molecule has 0 saturated heterocycles. The van der Waals surface area contributed by atoms with Crippen LogP contribution in [0.2, 0.25) is 0 Å². The Labute approximate surface area is 99.6 Å². The monoisotopic (exact) mass is 229 g/mol. The number of hydrogen-bond acceptors (Lipinski definition) is 4. The Bertz CT molecular complexity index is 479. The summed E-state index contributed by atoms with van der Waals surface area (Å²) < 4.78 is 0. The predicted molar refractivity (Wildman–Crippen MR) is 63.3 cm³/mol. The summed E-state index contributed by atoms with van der Waals surface area (Å²) in [5.41, 5.74) is 2.95. The highest BCUT2D eigenvalue weighted by molar-refractivity contribution is 5.30. The van der Waals surface area contributed by atoms with Gasteiger partial charge in [0.1, 0.15) is 0 Å². The van der Waals surface area contributed by atoms with Gasteiger partial charge in [-0.3, -0.25) is 0 Å². The van der Waals surface area contributed by atoms with Gasteiger partial charge in [0.25, 0.3) is 0 Å². The Morgan fingerprint density at radius 3 is 3.00 bits per heavy atom. The average molecular weight is 229 g/mol. The SMILES string of the molecule is c1ccc2c(c1)CCC(NCc1nn[nH]n1)C2. The Hall–Kier alpha value is -1.75. The lowest BCUT2D eigenvalue weighted by Crippen LogP contribution is -2.34. The molecule has 1 aromatic heterocycles. The highest BCUT2D eigenvalue weighted by Gasteiger charge is 2.17. The Balaban J connectivity index is 1.61. The van der Waals surface area contributed by atoms with Gasteiger partial charge in [0.15, 0.2) is 5.82 Å². The Morgan fingerprint density at radius 2 is 2.18 bits per heavy atom. The van der Waals surface area contributed by atoms with Gasteiger partial charge in [-0.1, -0.05) is 29.5 Å². The molecule has 0 spiro atoms. The van der Waals surface area contributed by atoms with Crippen molar-refractivity contribution >= 4 is 0 Å². The van der Waals surface area contributed by atoms with Crippen molar-refractivity contribution in [2.45, 2.75) is 31.8 Å². The molecule has 5 nitrogen and oxygen atoms in total. The Kier molecular flexibility index (Phi) is 2.83. The summed E-state index contributed by atoms with van der Waals surface area (Å²) in [5.74, 6) is 0.726. The molecular formula is C12H15N5. The molecular weight excluding hydrogens is 214 g/mol. The highest BCUT2D eigenvalue weighted by Crippen LogP contribution is 2.20. The Morgan fingerprint density at radius 1 is 1.29 bits per heavy atom. The summed E-state index contributed by atoms with van der Waals surface area (Å²) in [4.78, 5) is 0. The lowest BCUT2D eigenvalue weighted by atomic mass is 9.88. The number of aromatic nitrogens is 4. The van der Waals surface area contributed by atoms with Gasteiger partial charge < -0.3 is 5.32 Å². The van der Waals surface area contributed by atoms with E-state index in [2.05, 4.69) is 50.2 Å². The number of nitrogens with one attached hydrogen (secondary N) is 2. The van der Waals surface area contributed by atoms with Crippen molar-refractivity contribution in [3.8, 4) is 0 Å². The maximum atomic E-state index is 3.94. The van der Waals surface area contributed by atoms with Crippen LogP contribution in [-0.4, -0.2) is 26.7 Å². The topological polar surface area (TPSA) is 66.5 Å². The molecule has 1 heterocycles. The van der Waals surface area contributed by atoms with Crippen molar-refractivity contribution in [2.24, 2.45) is 0 Å². The predicted octanol–water partition coefficient (Wildman–Crippen LogP) is 0.847. The zero-order chi connectivity index (χ0) is 11.5. The van der Waals surface area contributed by atoms with E-state index < -0.39 is 0 Å². The second kappa shape index (κ2) is 4.63. The third kappa shape index (κ3) is 2.34. The van der Waals surface area contributed by atoms with Gasteiger partial charge >= 0.3 is 0 Å². The zero-order valence-corrected chi connectivity index (χ0v) is 9.56. The van der Waals surface area contributed by atoms with Gasteiger partial charge in [0, 0.05) is 6.04 Å². The summed E-state index contributed by atoms with van der Waals surface area (Å²) >= 11 is 0. The molecule has 0 bridgehead atoms. The first-order valence-corrected chi connectivity index (χ1v) is 5.94. The third-order valence-electron chi connectivity index (χ3n) is 3.28. The highest BCUT2D eigenvalue weighted by atomic mass is 15.5. The second-order valence-electron chi connectivity index (χ2n) is 4.42. The van der Waals surface area contributed by atoms with Gasteiger partial charge in [-0.05, 0) is 30.4 Å². The number of rotatable bonds is 3. The summed E-state index contributed by atoms with van der Waals surface area (Å²) in [6, 6.07) is 9.19. The summed E-state index contributed by atoms with van der Waals surface area (Å²) in [6.07, 6.45) is 3.42. The van der Waals surface area contributed by atoms with Crippen LogP contribution in [0.25, 0.3) is 0 Å². The fourth-order valence-corrected chi connectivity index (χ4v) is 2.37. The first kappa shape index (κ1) is 10.4. The van der Waals surface area contributed by atoms with E-state index in [1.165, 1.54) is 17.5 Å². The third-order valence-corrected chi connectivity index (χ3v) is 3.28. The van der Waals surface area contributed by atoms with E-state index in [-0.39, 0.29) is 0 Å². The number of hydrogen-bond donors (Lipinski definition) is 2. The molecule has 1 atom stereocenters. The van der Waals surface area contributed by atoms with Crippen LogP contribution >= 0.6 is 0 Å². The van der Waals surface area contributed by atoms with Crippen LogP contribution in [0.3, 0.4) is 0 Å². The minimum absolute atomic E-state index is 0.517. The van der Waals surface area contributed by atoms with E-state index in [4.69, 9.17) is 0 Å². The molecule has 1 aliphatic carbocycles. The van der Waals surface area contributed by atoms with Crippen molar-refractivity contribution < 1.29 is 0 Å². The first-order chi connectivity index (χ1) is 8.42. The largest absolute Gasteiger partial charge is 0.307 e. The lowest BCUT2D eigenvalue weighted by molar-refractivity contribution is 0.451. The molecule has 2 aromatic rings. The van der Waals surface area contributed by atoms with Crippen molar-refractivity contribution in [3.05, 3.63) is 41.2 Å². The van der Waals surface area contributed by atoms with E-state index in [0.29, 0.717) is 12.6 Å². The van der Waals surface area contributed by atoms with Crippen LogP contribution in [0.1, 0.15) is 23.4 Å². The number of benzene rings is 1. The summed E-state index contributed by atoms with van der Waals surface area (Å²) in [7, 11) is 0. The summed E-state index contributed by atoms with van der Waals surface area (Å²) in [5, 5.41) is 17.4. The van der Waals surface area contributed by atoms with Crippen molar-refractivity contribution in [2.75, 3.05) is 0 Å². The van der Waals surface area contributed by atoms with Gasteiger partial charge in [-0.15, -0.1) is 10.2 Å². The van der Waals surface area contributed by atoms with Gasteiger partial charge in [-0.2, -0.15) is 5.21 Å². The van der Waals surface area contributed by atoms with Gasteiger partial charge in [0.2, 0.25) is 0 Å². The lowest BCUT2D eigenvalue weighted by Gasteiger charge is -2.25. The molecule has 1 aliphatic rings. The molecule has 5 heteroatoms. The number of tetrazole rings is 1. The zero-order valence-electron chi connectivity index (χ0n) is 9.56. The normalized spacial score (nSPS) is 18.9. The number of nitrogens with zero attached hydrogens (tertiary/aromatic N) is 3. The molecule has 0 aliphatic heterocycles. The number of H-pyrrole nitrogens is 1. The molecule has 1 aromatic carbocycles. The van der Waals surface area contributed by atoms with Crippen LogP contribution in [-0.2, 0) is 19.4 Å². The van der Waals surface area contributed by atoms with Gasteiger partial charge in [-0.25, -0.2) is 0 Å². The quantitative estimate of drug-likeness (QED) is 0.818. The number of aryl methyl sites for hydroxylation is 1. The minimum Gasteiger partial charge on any atom is -0.307 e. The molecule has 1 unspecified atom stereocenters. The molecule has 0 radical (unpaired) electrons. The van der Waals surface area contributed by atoms with E-state index in [1.807, 2.05) is 0 Å². The fourth-order valence-electron chi connectivity index (χ4n) is 2.37. The molecule has 17 heavy (non-hydrogen) atoms. The molecule has 0 saturated carbocycles. The average Bonchev–Trinajstić information content (AvgIpc) is 2.89. The minimum atomic E-state index is 0.517. The van der Waals surface area contributed by atoms with Gasteiger partial charge in [0.05, 0.1) is 6.54 Å². The molecule has 88 valence electrons. The first-order valence-electron chi connectivity index (χ1n) is 5.94. The molecule has 0 fully saturated rings.